The lowest BCUT2D eigenvalue weighted by Gasteiger charge is -2.27. The van der Waals surface area contributed by atoms with E-state index in [2.05, 4.69) is 38.5 Å². The molecule has 0 aromatic heterocycles. The molecule has 0 saturated heterocycles. The first kappa shape index (κ1) is 23.0. The van der Waals surface area contributed by atoms with Crippen LogP contribution in [0, 0.1) is 3.57 Å². The van der Waals surface area contributed by atoms with Crippen molar-refractivity contribution < 1.29 is 14.7 Å². The zero-order chi connectivity index (χ0) is 20.9. The summed E-state index contributed by atoms with van der Waals surface area (Å²) in [4.78, 5) is 23.3. The van der Waals surface area contributed by atoms with E-state index in [0.717, 1.165) is 3.57 Å². The molecular formula is C17H13Cl3IN3O3S. The van der Waals surface area contributed by atoms with Gasteiger partial charge in [-0.05, 0) is 83.3 Å². The van der Waals surface area contributed by atoms with Crippen molar-refractivity contribution in [1.29, 1.82) is 0 Å². The number of carbonyl (C=O) groups is 2. The number of aromatic carboxylic acids is 1. The molecule has 0 aliphatic rings. The monoisotopic (exact) mass is 571 g/mol. The molecule has 1 atom stereocenters. The van der Waals surface area contributed by atoms with Gasteiger partial charge in [0.1, 0.15) is 6.17 Å². The number of carboxylic acid groups (broad SMARTS) is 1. The van der Waals surface area contributed by atoms with E-state index in [1.807, 2.05) is 0 Å². The molecule has 6 nitrogen and oxygen atoms in total. The largest absolute Gasteiger partial charge is 0.478 e. The summed E-state index contributed by atoms with van der Waals surface area (Å²) in [5.74, 6) is -1.49. The van der Waals surface area contributed by atoms with Crippen molar-refractivity contribution in [1.82, 2.24) is 10.6 Å². The van der Waals surface area contributed by atoms with Gasteiger partial charge in [0.15, 0.2) is 5.11 Å². The number of carbonyl (C=O) groups excluding carboxylic acids is 1. The second-order valence-corrected chi connectivity index (χ2v) is 9.46. The van der Waals surface area contributed by atoms with Crippen LogP contribution >= 0.6 is 69.6 Å². The van der Waals surface area contributed by atoms with Crippen LogP contribution in [0.15, 0.2) is 48.5 Å². The molecule has 0 bridgehead atoms. The molecule has 2 aromatic rings. The molecule has 0 aliphatic carbocycles. The molecule has 1 amide bonds. The van der Waals surface area contributed by atoms with E-state index >= 15 is 0 Å². The second kappa shape index (κ2) is 9.93. The summed E-state index contributed by atoms with van der Waals surface area (Å²) >= 11 is 25.2. The van der Waals surface area contributed by atoms with E-state index in [-0.39, 0.29) is 10.7 Å². The maximum Gasteiger partial charge on any atom is 0.335 e. The minimum absolute atomic E-state index is 0.0716. The molecule has 2 rings (SSSR count). The van der Waals surface area contributed by atoms with Gasteiger partial charge in [-0.3, -0.25) is 4.79 Å². The molecule has 0 saturated carbocycles. The first-order chi connectivity index (χ1) is 13.1. The summed E-state index contributed by atoms with van der Waals surface area (Å²) in [7, 11) is 0. The predicted octanol–water partition coefficient (Wildman–Crippen LogP) is 4.40. The maximum atomic E-state index is 12.4. The van der Waals surface area contributed by atoms with Crippen LogP contribution in [0.3, 0.4) is 0 Å². The summed E-state index contributed by atoms with van der Waals surface area (Å²) in [5, 5.41) is 17.1. The van der Waals surface area contributed by atoms with E-state index in [1.165, 1.54) is 24.3 Å². The molecule has 0 spiro atoms. The van der Waals surface area contributed by atoms with Gasteiger partial charge in [0.05, 0.1) is 5.56 Å². The summed E-state index contributed by atoms with van der Waals surface area (Å²) < 4.78 is -0.915. The number of nitrogens with one attached hydrogen (secondary N) is 3. The highest BCUT2D eigenvalue weighted by molar-refractivity contribution is 14.1. The number of benzene rings is 2. The number of hydrogen-bond acceptors (Lipinski definition) is 3. The summed E-state index contributed by atoms with van der Waals surface area (Å²) in [6.45, 7) is 0. The van der Waals surface area contributed by atoms with Gasteiger partial charge in [-0.2, -0.15) is 0 Å². The van der Waals surface area contributed by atoms with Crippen LogP contribution in [0.1, 0.15) is 20.7 Å². The van der Waals surface area contributed by atoms with Crippen LogP contribution in [0.4, 0.5) is 5.69 Å². The van der Waals surface area contributed by atoms with Crippen LogP contribution in [-0.2, 0) is 0 Å². The smallest absolute Gasteiger partial charge is 0.335 e. The normalized spacial score (nSPS) is 12.0. The fraction of sp³-hybridized carbons (Fsp3) is 0.118. The van der Waals surface area contributed by atoms with Gasteiger partial charge < -0.3 is 21.1 Å². The molecule has 0 aliphatic heterocycles. The minimum atomic E-state index is -1.89. The number of carboxylic acids is 1. The lowest BCUT2D eigenvalue weighted by molar-refractivity contribution is 0.0696. The highest BCUT2D eigenvalue weighted by Gasteiger charge is 2.34. The second-order valence-electron chi connectivity index (χ2n) is 5.44. The highest BCUT2D eigenvalue weighted by atomic mass is 127. The van der Waals surface area contributed by atoms with Crippen LogP contribution in [0.5, 0.6) is 0 Å². The van der Waals surface area contributed by atoms with Crippen molar-refractivity contribution >= 4 is 92.3 Å². The number of anilines is 1. The standard InChI is InChI=1S/C17H13Cl3IN3O3S/c18-17(19,20)15(23-13(25)9-1-5-11(21)6-2-9)24-16(28)22-12-7-3-10(4-8-12)14(26)27/h1-8,15H,(H,23,25)(H,26,27)(H2,22,24,28)/t15-/m0/s1. The Labute approximate surface area is 195 Å². The molecule has 4 N–H and O–H groups in total. The van der Waals surface area contributed by atoms with Crippen LogP contribution < -0.4 is 16.0 Å². The van der Waals surface area contributed by atoms with Gasteiger partial charge in [-0.1, -0.05) is 34.8 Å². The molecule has 0 fully saturated rings. The average molecular weight is 573 g/mol. The Hall–Kier alpha value is -1.33. The minimum Gasteiger partial charge on any atom is -0.478 e. The van der Waals surface area contributed by atoms with E-state index < -0.39 is 21.8 Å². The molecule has 0 unspecified atom stereocenters. The van der Waals surface area contributed by atoms with Crippen molar-refractivity contribution in [2.45, 2.75) is 9.96 Å². The Morgan fingerprint density at radius 1 is 0.964 bits per heavy atom. The fourth-order valence-corrected chi connectivity index (χ4v) is 2.93. The van der Waals surface area contributed by atoms with Crippen LogP contribution in [0.25, 0.3) is 0 Å². The van der Waals surface area contributed by atoms with Crippen molar-refractivity contribution in [3.05, 3.63) is 63.2 Å². The van der Waals surface area contributed by atoms with Gasteiger partial charge in [-0.15, -0.1) is 0 Å². The Morgan fingerprint density at radius 3 is 2.00 bits per heavy atom. The van der Waals surface area contributed by atoms with Crippen molar-refractivity contribution in [2.24, 2.45) is 0 Å². The fourth-order valence-electron chi connectivity index (χ4n) is 2.01. The Morgan fingerprint density at radius 2 is 1.50 bits per heavy atom. The Bertz CT molecular complexity index is 874. The topological polar surface area (TPSA) is 90.5 Å². The third-order valence-corrected chi connectivity index (χ3v) is 4.97. The van der Waals surface area contributed by atoms with Gasteiger partial charge >= 0.3 is 5.97 Å². The Kier molecular flexibility index (Phi) is 8.14. The number of rotatable bonds is 5. The van der Waals surface area contributed by atoms with Crippen molar-refractivity contribution in [3.8, 4) is 0 Å². The van der Waals surface area contributed by atoms with E-state index in [0.29, 0.717) is 11.3 Å². The molecule has 2 aromatic carbocycles. The quantitative estimate of drug-likeness (QED) is 0.184. The lowest BCUT2D eigenvalue weighted by Crippen LogP contribution is -2.56. The van der Waals surface area contributed by atoms with E-state index in [1.54, 1.807) is 24.3 Å². The molecular weight excluding hydrogens is 560 g/mol. The van der Waals surface area contributed by atoms with E-state index in [4.69, 9.17) is 52.1 Å². The number of hydrogen-bond donors (Lipinski definition) is 4. The zero-order valence-corrected chi connectivity index (χ0v) is 19.1. The lowest BCUT2D eigenvalue weighted by atomic mass is 10.2. The molecule has 0 heterocycles. The number of amides is 1. The van der Waals surface area contributed by atoms with Crippen molar-refractivity contribution in [2.75, 3.05) is 5.32 Å². The third-order valence-electron chi connectivity index (χ3n) is 3.37. The van der Waals surface area contributed by atoms with Gasteiger partial charge in [0.25, 0.3) is 5.91 Å². The van der Waals surface area contributed by atoms with Crippen LogP contribution in [-0.4, -0.2) is 32.1 Å². The van der Waals surface area contributed by atoms with Crippen LogP contribution in [0.2, 0.25) is 0 Å². The third kappa shape index (κ3) is 6.93. The van der Waals surface area contributed by atoms with Gasteiger partial charge in [0, 0.05) is 14.8 Å². The molecule has 0 radical (unpaired) electrons. The maximum absolute atomic E-state index is 12.4. The SMILES string of the molecule is O=C(O)c1ccc(NC(=S)N[C@H](NC(=O)c2ccc(I)cc2)C(Cl)(Cl)Cl)cc1. The summed E-state index contributed by atoms with van der Waals surface area (Å²) in [5.41, 5.74) is 1.05. The summed E-state index contributed by atoms with van der Waals surface area (Å²) in [6.07, 6.45) is -1.12. The predicted molar refractivity (Wildman–Crippen MR) is 123 cm³/mol. The first-order valence-electron chi connectivity index (χ1n) is 7.60. The number of thiocarbonyl (C=S) groups is 1. The zero-order valence-electron chi connectivity index (χ0n) is 13.9. The Balaban J connectivity index is 2.04. The number of halogens is 4. The highest BCUT2D eigenvalue weighted by Crippen LogP contribution is 2.29. The first-order valence-corrected chi connectivity index (χ1v) is 10.2. The number of alkyl halides is 3. The molecule has 11 heteroatoms. The van der Waals surface area contributed by atoms with E-state index in [9.17, 15) is 9.59 Å². The van der Waals surface area contributed by atoms with Gasteiger partial charge in [0.2, 0.25) is 3.79 Å². The van der Waals surface area contributed by atoms with Crippen molar-refractivity contribution in [3.63, 3.8) is 0 Å². The molecule has 148 valence electrons. The molecule has 28 heavy (non-hydrogen) atoms. The van der Waals surface area contributed by atoms with Gasteiger partial charge in [-0.25, -0.2) is 4.79 Å². The average Bonchev–Trinajstić information content (AvgIpc) is 2.61. The summed E-state index contributed by atoms with van der Waals surface area (Å²) in [6, 6.07) is 12.7.